The maximum atomic E-state index is 13.2. The Labute approximate surface area is 130 Å². The maximum Gasteiger partial charge on any atom is 0.309 e. The number of carbonyl (C=O) groups is 1. The molecule has 3 aromatic rings. The molecule has 0 N–H and O–H groups in total. The first kappa shape index (κ1) is 14.5. The van der Waals surface area contributed by atoms with Crippen LogP contribution in [0.25, 0.3) is 10.2 Å². The van der Waals surface area contributed by atoms with Crippen LogP contribution in [0.5, 0.6) is 10.9 Å². The van der Waals surface area contributed by atoms with Gasteiger partial charge in [0.25, 0.3) is 5.19 Å². The fraction of sp³-hybridized carbons (Fsp3) is 0.125. The summed E-state index contributed by atoms with van der Waals surface area (Å²) in [6.45, 7) is 0. The van der Waals surface area contributed by atoms with E-state index in [1.807, 2.05) is 0 Å². The monoisotopic (exact) mass is 317 g/mol. The summed E-state index contributed by atoms with van der Waals surface area (Å²) >= 11 is 1.28. The Morgan fingerprint density at radius 1 is 1.23 bits per heavy atom. The van der Waals surface area contributed by atoms with Crippen LogP contribution in [0.4, 0.5) is 4.39 Å². The maximum absolute atomic E-state index is 13.2. The summed E-state index contributed by atoms with van der Waals surface area (Å²) < 4.78 is 24.2. The van der Waals surface area contributed by atoms with Gasteiger partial charge in [0.15, 0.2) is 0 Å². The molecule has 0 saturated heterocycles. The van der Waals surface area contributed by atoms with Crippen molar-refractivity contribution in [3.05, 3.63) is 53.8 Å². The summed E-state index contributed by atoms with van der Waals surface area (Å²) in [7, 11) is 1.36. The molecular weight excluding hydrogens is 305 g/mol. The molecule has 1 heterocycles. The van der Waals surface area contributed by atoms with Crippen LogP contribution in [-0.2, 0) is 16.0 Å². The number of esters is 1. The molecule has 0 saturated carbocycles. The molecule has 0 unspecified atom stereocenters. The van der Waals surface area contributed by atoms with Crippen LogP contribution < -0.4 is 4.74 Å². The highest BCUT2D eigenvalue weighted by atomic mass is 32.1. The molecule has 0 spiro atoms. The number of carbonyl (C=O) groups excluding carboxylic acids is 1. The fourth-order valence-corrected chi connectivity index (χ4v) is 2.80. The molecule has 4 nitrogen and oxygen atoms in total. The summed E-state index contributed by atoms with van der Waals surface area (Å²) in [5, 5.41) is 0.446. The van der Waals surface area contributed by atoms with Crippen LogP contribution in [0.2, 0.25) is 0 Å². The molecule has 6 heteroatoms. The van der Waals surface area contributed by atoms with Crippen molar-refractivity contribution in [1.82, 2.24) is 4.98 Å². The zero-order valence-electron chi connectivity index (χ0n) is 11.7. The van der Waals surface area contributed by atoms with Crippen molar-refractivity contribution in [2.24, 2.45) is 0 Å². The van der Waals surface area contributed by atoms with Gasteiger partial charge in [-0.05, 0) is 35.9 Å². The topological polar surface area (TPSA) is 48.4 Å². The van der Waals surface area contributed by atoms with E-state index in [4.69, 9.17) is 4.74 Å². The first-order valence-corrected chi connectivity index (χ1v) is 7.35. The minimum absolute atomic E-state index is 0.219. The highest BCUT2D eigenvalue weighted by molar-refractivity contribution is 7.20. The van der Waals surface area contributed by atoms with E-state index in [1.54, 1.807) is 30.3 Å². The third kappa shape index (κ3) is 3.23. The number of rotatable bonds is 4. The number of fused-ring (bicyclic) bond motifs is 1. The highest BCUT2D eigenvalue weighted by Gasteiger charge is 2.08. The average molecular weight is 317 g/mol. The molecule has 1 aromatic heterocycles. The summed E-state index contributed by atoms with van der Waals surface area (Å²) in [6.07, 6.45) is 0.219. The lowest BCUT2D eigenvalue weighted by Gasteiger charge is -2.03. The Balaban J connectivity index is 1.75. The molecule has 0 fully saturated rings. The second-order valence-electron chi connectivity index (χ2n) is 4.59. The quantitative estimate of drug-likeness (QED) is 0.684. The van der Waals surface area contributed by atoms with E-state index in [-0.39, 0.29) is 18.2 Å². The molecule has 0 bridgehead atoms. The first-order valence-electron chi connectivity index (χ1n) is 6.54. The smallest absolute Gasteiger partial charge is 0.309 e. The average Bonchev–Trinajstić information content (AvgIpc) is 2.90. The third-order valence-electron chi connectivity index (χ3n) is 3.04. The van der Waals surface area contributed by atoms with Crippen LogP contribution in [0.15, 0.2) is 42.5 Å². The number of hydrogen-bond donors (Lipinski definition) is 0. The number of benzene rings is 2. The number of nitrogens with zero attached hydrogens (tertiary/aromatic N) is 1. The molecule has 0 amide bonds. The SMILES string of the molecule is COC(=O)Cc1ccc(Oc2nc3ccc(F)cc3s2)cc1. The first-order chi connectivity index (χ1) is 10.6. The largest absolute Gasteiger partial charge is 0.469 e. The highest BCUT2D eigenvalue weighted by Crippen LogP contribution is 2.31. The molecule has 0 aliphatic heterocycles. The van der Waals surface area contributed by atoms with Gasteiger partial charge in [-0.1, -0.05) is 23.5 Å². The van der Waals surface area contributed by atoms with Gasteiger partial charge in [0, 0.05) is 0 Å². The molecule has 22 heavy (non-hydrogen) atoms. The van der Waals surface area contributed by atoms with Crippen molar-refractivity contribution in [2.75, 3.05) is 7.11 Å². The normalized spacial score (nSPS) is 10.6. The van der Waals surface area contributed by atoms with Gasteiger partial charge in [0.05, 0.1) is 23.7 Å². The van der Waals surface area contributed by atoms with Gasteiger partial charge in [-0.2, -0.15) is 0 Å². The zero-order valence-corrected chi connectivity index (χ0v) is 12.5. The summed E-state index contributed by atoms with van der Waals surface area (Å²) in [5.74, 6) is 0.0184. The van der Waals surface area contributed by atoms with Crippen LogP contribution in [0.3, 0.4) is 0 Å². The van der Waals surface area contributed by atoms with E-state index in [0.717, 1.165) is 10.3 Å². The van der Waals surface area contributed by atoms with Crippen molar-refractivity contribution < 1.29 is 18.7 Å². The van der Waals surface area contributed by atoms with E-state index < -0.39 is 0 Å². The van der Waals surface area contributed by atoms with Crippen molar-refractivity contribution in [3.63, 3.8) is 0 Å². The molecule has 3 rings (SSSR count). The number of ether oxygens (including phenoxy) is 2. The van der Waals surface area contributed by atoms with E-state index >= 15 is 0 Å². The number of aromatic nitrogens is 1. The zero-order chi connectivity index (χ0) is 15.5. The van der Waals surface area contributed by atoms with Crippen LogP contribution in [0, 0.1) is 5.82 Å². The van der Waals surface area contributed by atoms with Gasteiger partial charge in [0.2, 0.25) is 0 Å². The molecular formula is C16H12FNO3S. The van der Waals surface area contributed by atoms with Gasteiger partial charge in [-0.25, -0.2) is 9.37 Å². The van der Waals surface area contributed by atoms with Gasteiger partial charge in [0.1, 0.15) is 11.6 Å². The molecule has 0 radical (unpaired) electrons. The lowest BCUT2D eigenvalue weighted by molar-refractivity contribution is -0.139. The third-order valence-corrected chi connectivity index (χ3v) is 3.93. The minimum atomic E-state index is -0.296. The van der Waals surface area contributed by atoms with Crippen LogP contribution in [-0.4, -0.2) is 18.1 Å². The molecule has 112 valence electrons. The number of thiazole rings is 1. The second kappa shape index (κ2) is 6.11. The number of methoxy groups -OCH3 is 1. The van der Waals surface area contributed by atoms with Crippen LogP contribution >= 0.6 is 11.3 Å². The van der Waals surface area contributed by atoms with Crippen molar-refractivity contribution in [3.8, 4) is 10.9 Å². The number of halogens is 1. The lowest BCUT2D eigenvalue weighted by atomic mass is 10.1. The fourth-order valence-electron chi connectivity index (χ4n) is 1.94. The lowest BCUT2D eigenvalue weighted by Crippen LogP contribution is -2.04. The van der Waals surface area contributed by atoms with E-state index in [9.17, 15) is 9.18 Å². The second-order valence-corrected chi connectivity index (χ2v) is 5.58. The van der Waals surface area contributed by atoms with E-state index in [0.29, 0.717) is 16.5 Å². The van der Waals surface area contributed by atoms with Gasteiger partial charge in [-0.15, -0.1) is 0 Å². The van der Waals surface area contributed by atoms with Gasteiger partial charge in [-0.3, -0.25) is 4.79 Å². The van der Waals surface area contributed by atoms with Gasteiger partial charge >= 0.3 is 5.97 Å². The molecule has 0 atom stereocenters. The molecule has 0 aliphatic rings. The van der Waals surface area contributed by atoms with E-state index in [2.05, 4.69) is 9.72 Å². The standard InChI is InChI=1S/C16H12FNO3S/c1-20-15(19)8-10-2-5-12(6-3-10)21-16-18-13-7-4-11(17)9-14(13)22-16/h2-7,9H,8H2,1H3. The van der Waals surface area contributed by atoms with E-state index in [1.165, 1.54) is 30.6 Å². The summed E-state index contributed by atoms with van der Waals surface area (Å²) in [6, 6.07) is 11.5. The Hall–Kier alpha value is -2.47. The Morgan fingerprint density at radius 2 is 2.00 bits per heavy atom. The minimum Gasteiger partial charge on any atom is -0.469 e. The van der Waals surface area contributed by atoms with Crippen molar-refractivity contribution in [1.29, 1.82) is 0 Å². The molecule has 2 aromatic carbocycles. The Bertz CT molecular complexity index is 814. The predicted octanol–water partition coefficient (Wildman–Crippen LogP) is 3.94. The van der Waals surface area contributed by atoms with Gasteiger partial charge < -0.3 is 9.47 Å². The number of hydrogen-bond acceptors (Lipinski definition) is 5. The predicted molar refractivity (Wildman–Crippen MR) is 81.8 cm³/mol. The Kier molecular flexibility index (Phi) is 4.02. The Morgan fingerprint density at radius 3 is 2.73 bits per heavy atom. The summed E-state index contributed by atoms with van der Waals surface area (Å²) in [5.41, 5.74) is 1.54. The van der Waals surface area contributed by atoms with Crippen LogP contribution in [0.1, 0.15) is 5.56 Å². The van der Waals surface area contributed by atoms with Crippen molar-refractivity contribution in [2.45, 2.75) is 6.42 Å². The molecule has 0 aliphatic carbocycles. The summed E-state index contributed by atoms with van der Waals surface area (Å²) in [4.78, 5) is 15.5. The van der Waals surface area contributed by atoms with Crippen molar-refractivity contribution >= 4 is 27.5 Å².